The Balaban J connectivity index is 1.22. The first kappa shape index (κ1) is 24.8. The van der Waals surface area contributed by atoms with Crippen LogP contribution < -0.4 is 15.5 Å². The van der Waals surface area contributed by atoms with Crippen LogP contribution in [0.3, 0.4) is 0 Å². The molecular weight excluding hydrogens is 470 g/mol. The lowest BCUT2D eigenvalue weighted by molar-refractivity contribution is 0.0982. The fraction of sp³-hybridized carbons (Fsp3) is 0.429. The summed E-state index contributed by atoms with van der Waals surface area (Å²) in [4.78, 5) is 16.7. The summed E-state index contributed by atoms with van der Waals surface area (Å²) >= 11 is 6.38. The van der Waals surface area contributed by atoms with Gasteiger partial charge in [0, 0.05) is 62.4 Å². The highest BCUT2D eigenvalue weighted by Crippen LogP contribution is 2.30. The zero-order chi connectivity index (χ0) is 25.1. The van der Waals surface area contributed by atoms with Crippen LogP contribution >= 0.6 is 11.6 Å². The van der Waals surface area contributed by atoms with Crippen molar-refractivity contribution in [3.63, 3.8) is 0 Å². The zero-order valence-corrected chi connectivity index (χ0v) is 22.2. The zero-order valence-electron chi connectivity index (χ0n) is 21.5. The predicted molar refractivity (Wildman–Crippen MR) is 150 cm³/mol. The number of piperazine rings is 1. The molecule has 3 aromatic rings. The number of hydrogen-bond acceptors (Lipinski definition) is 7. The lowest BCUT2D eigenvalue weighted by Gasteiger charge is -2.42. The number of rotatable bonds is 6. The second-order valence-corrected chi connectivity index (χ2v) is 10.4. The molecule has 0 spiro atoms. The van der Waals surface area contributed by atoms with Crippen molar-refractivity contribution in [3.05, 3.63) is 64.8 Å². The van der Waals surface area contributed by atoms with Crippen molar-refractivity contribution in [2.45, 2.75) is 32.7 Å². The number of likely N-dealkylation sites (N-methyl/N-ethyl adjacent to an activating group) is 1. The smallest absolute Gasteiger partial charge is 0.229 e. The maximum absolute atomic E-state index is 6.38. The number of nitrogens with zero attached hydrogens (tertiary/aromatic N) is 5. The topological polar surface area (TPSA) is 59.6 Å². The van der Waals surface area contributed by atoms with Gasteiger partial charge < -0.3 is 20.4 Å². The van der Waals surface area contributed by atoms with E-state index < -0.39 is 0 Å². The molecule has 0 radical (unpaired) electrons. The molecule has 1 aromatic heterocycles. The minimum atomic E-state index is 0.482. The molecular formula is C28H36ClN7. The molecule has 7 nitrogen and oxygen atoms in total. The molecule has 36 heavy (non-hydrogen) atoms. The third kappa shape index (κ3) is 5.75. The summed E-state index contributed by atoms with van der Waals surface area (Å²) in [6.45, 7) is 11.2. The average molecular weight is 506 g/mol. The van der Waals surface area contributed by atoms with E-state index in [-0.39, 0.29) is 0 Å². The van der Waals surface area contributed by atoms with Gasteiger partial charge in [0.25, 0.3) is 0 Å². The van der Waals surface area contributed by atoms with Gasteiger partial charge >= 0.3 is 0 Å². The van der Waals surface area contributed by atoms with Gasteiger partial charge in [-0.15, -0.1) is 0 Å². The van der Waals surface area contributed by atoms with Crippen LogP contribution in [0.5, 0.6) is 0 Å². The summed E-state index contributed by atoms with van der Waals surface area (Å²) in [5.41, 5.74) is 5.55. The fourth-order valence-electron chi connectivity index (χ4n) is 5.14. The number of para-hydroxylation sites is 1. The number of hydrogen-bond donors (Lipinski definition) is 2. The molecule has 2 aromatic carbocycles. The van der Waals surface area contributed by atoms with Crippen LogP contribution in [0.4, 0.5) is 28.8 Å². The Morgan fingerprint density at radius 3 is 2.31 bits per heavy atom. The van der Waals surface area contributed by atoms with E-state index in [1.165, 1.54) is 50.3 Å². The van der Waals surface area contributed by atoms with Crippen LogP contribution in [0.25, 0.3) is 0 Å². The second-order valence-electron chi connectivity index (χ2n) is 10.0. The monoisotopic (exact) mass is 505 g/mol. The van der Waals surface area contributed by atoms with Crippen LogP contribution in [0.2, 0.25) is 5.02 Å². The van der Waals surface area contributed by atoms with Crippen molar-refractivity contribution in [1.82, 2.24) is 19.8 Å². The maximum atomic E-state index is 6.38. The highest BCUT2D eigenvalue weighted by atomic mass is 35.5. The third-order valence-electron chi connectivity index (χ3n) is 7.48. The molecule has 2 aliphatic heterocycles. The molecule has 2 N–H and O–H groups in total. The molecule has 0 amide bonds. The van der Waals surface area contributed by atoms with Gasteiger partial charge in [-0.25, -0.2) is 4.98 Å². The Morgan fingerprint density at radius 2 is 1.58 bits per heavy atom. The highest BCUT2D eigenvalue weighted by Gasteiger charge is 2.26. The number of halogens is 1. The first-order chi connectivity index (χ1) is 17.5. The number of nitrogens with one attached hydrogen (secondary N) is 2. The van der Waals surface area contributed by atoms with E-state index in [4.69, 9.17) is 11.6 Å². The van der Waals surface area contributed by atoms with Gasteiger partial charge in [-0.2, -0.15) is 4.98 Å². The summed E-state index contributed by atoms with van der Waals surface area (Å²) in [6.07, 6.45) is 4.10. The van der Waals surface area contributed by atoms with Crippen molar-refractivity contribution in [2.24, 2.45) is 0 Å². The Kier molecular flexibility index (Phi) is 7.60. The number of anilines is 5. The number of aromatic nitrogens is 2. The lowest BCUT2D eigenvalue weighted by atomic mass is 10.0. The molecule has 0 unspecified atom stereocenters. The molecule has 3 heterocycles. The minimum Gasteiger partial charge on any atom is -0.371 e. The maximum Gasteiger partial charge on any atom is 0.229 e. The van der Waals surface area contributed by atoms with Crippen molar-refractivity contribution in [1.29, 1.82) is 0 Å². The number of benzene rings is 2. The van der Waals surface area contributed by atoms with Gasteiger partial charge in [0.1, 0.15) is 5.02 Å². The quantitative estimate of drug-likeness (QED) is 0.462. The van der Waals surface area contributed by atoms with Crippen molar-refractivity contribution < 1.29 is 0 Å². The van der Waals surface area contributed by atoms with Crippen molar-refractivity contribution >= 4 is 40.4 Å². The normalized spacial score (nSPS) is 17.8. The number of piperidine rings is 1. The highest BCUT2D eigenvalue weighted by molar-refractivity contribution is 6.32. The van der Waals surface area contributed by atoms with Crippen LogP contribution in [-0.4, -0.2) is 72.1 Å². The van der Waals surface area contributed by atoms with Crippen LogP contribution in [0, 0.1) is 13.8 Å². The van der Waals surface area contributed by atoms with E-state index in [9.17, 15) is 0 Å². The first-order valence-electron chi connectivity index (χ1n) is 12.9. The van der Waals surface area contributed by atoms with Gasteiger partial charge in [0.05, 0.1) is 6.20 Å². The van der Waals surface area contributed by atoms with Gasteiger partial charge in [0.15, 0.2) is 5.82 Å². The summed E-state index contributed by atoms with van der Waals surface area (Å²) in [7, 11) is 2.22. The summed E-state index contributed by atoms with van der Waals surface area (Å²) < 4.78 is 0. The summed E-state index contributed by atoms with van der Waals surface area (Å²) in [5, 5.41) is 7.18. The molecule has 2 fully saturated rings. The van der Waals surface area contributed by atoms with E-state index >= 15 is 0 Å². The molecule has 0 aliphatic carbocycles. The summed E-state index contributed by atoms with van der Waals surface area (Å²) in [5.74, 6) is 1.10. The Morgan fingerprint density at radius 1 is 0.861 bits per heavy atom. The average Bonchev–Trinajstić information content (AvgIpc) is 2.89. The Bertz CT molecular complexity index is 1180. The first-order valence-corrected chi connectivity index (χ1v) is 13.2. The van der Waals surface area contributed by atoms with Crippen LogP contribution in [-0.2, 0) is 0 Å². The number of aryl methyl sites for hydroxylation is 2. The molecule has 8 heteroatoms. The van der Waals surface area contributed by atoms with Crippen LogP contribution in [0.15, 0.2) is 48.7 Å². The van der Waals surface area contributed by atoms with Crippen molar-refractivity contribution in [3.8, 4) is 0 Å². The van der Waals surface area contributed by atoms with Gasteiger partial charge in [0.2, 0.25) is 5.95 Å². The molecule has 0 saturated carbocycles. The molecule has 5 rings (SSSR count). The standard InChI is InChI=1S/C28H36ClN7/c1-20-6-4-5-7-25(20)31-27-24(29)19-30-28(33-27)32-26-9-8-23(18-21(26)2)35-12-10-22(11-13-35)36-16-14-34(3)15-17-36/h4-9,18-19,22H,10-17H2,1-3H3,(H2,30,31,32,33). The van der Waals surface area contributed by atoms with E-state index in [0.29, 0.717) is 16.8 Å². The van der Waals surface area contributed by atoms with Gasteiger partial charge in [-0.3, -0.25) is 4.90 Å². The Hall–Kier alpha value is -2.87. The van der Waals surface area contributed by atoms with Gasteiger partial charge in [-0.05, 0) is 69.1 Å². The fourth-order valence-corrected chi connectivity index (χ4v) is 5.28. The minimum absolute atomic E-state index is 0.482. The molecule has 0 atom stereocenters. The lowest BCUT2D eigenvalue weighted by Crippen LogP contribution is -2.52. The Labute approximate surface area is 219 Å². The predicted octanol–water partition coefficient (Wildman–Crippen LogP) is 5.45. The third-order valence-corrected chi connectivity index (χ3v) is 7.76. The molecule has 2 aliphatic rings. The van der Waals surface area contributed by atoms with E-state index in [1.807, 2.05) is 18.2 Å². The SMILES string of the molecule is Cc1cc(N2CCC(N3CCN(C)CC3)CC2)ccc1Nc1ncc(Cl)c(Nc2ccccc2C)n1. The van der Waals surface area contributed by atoms with E-state index in [1.54, 1.807) is 6.20 Å². The van der Waals surface area contributed by atoms with E-state index in [0.717, 1.165) is 36.1 Å². The van der Waals surface area contributed by atoms with Crippen LogP contribution in [0.1, 0.15) is 24.0 Å². The molecule has 2 saturated heterocycles. The van der Waals surface area contributed by atoms with Gasteiger partial charge in [-0.1, -0.05) is 29.8 Å². The molecule has 190 valence electrons. The molecule has 0 bridgehead atoms. The van der Waals surface area contributed by atoms with Crippen molar-refractivity contribution in [2.75, 3.05) is 61.8 Å². The summed E-state index contributed by atoms with van der Waals surface area (Å²) in [6, 6.07) is 15.4. The largest absolute Gasteiger partial charge is 0.371 e. The second kappa shape index (κ2) is 11.0. The van der Waals surface area contributed by atoms with E-state index in [2.05, 4.69) is 80.5 Å².